The average Bonchev–Trinajstić information content (AvgIpc) is 2.47. The molecule has 0 saturated carbocycles. The van der Waals surface area contributed by atoms with Crippen molar-refractivity contribution in [3.63, 3.8) is 0 Å². The van der Waals surface area contributed by atoms with Crippen LogP contribution in [-0.2, 0) is 0 Å². The third kappa shape index (κ3) is 2.55. The molecule has 0 aliphatic heterocycles. The van der Waals surface area contributed by atoms with E-state index in [2.05, 4.69) is 0 Å². The van der Waals surface area contributed by atoms with Crippen LogP contribution in [-0.4, -0.2) is 5.78 Å². The summed E-state index contributed by atoms with van der Waals surface area (Å²) < 4.78 is 0. The molecule has 3 rings (SSSR count). The highest BCUT2D eigenvalue weighted by Gasteiger charge is 2.09. The van der Waals surface area contributed by atoms with E-state index in [9.17, 15) is 4.79 Å². The third-order valence-electron chi connectivity index (χ3n) is 3.17. The molecule has 0 aliphatic carbocycles. The van der Waals surface area contributed by atoms with Crippen LogP contribution in [0.1, 0.15) is 15.9 Å². The lowest BCUT2D eigenvalue weighted by Crippen LogP contribution is -2.00. The molecule has 0 unspecified atom stereocenters. The predicted octanol–water partition coefficient (Wildman–Crippen LogP) is 5.38. The highest BCUT2D eigenvalue weighted by molar-refractivity contribution is 6.31. The molecule has 0 fully saturated rings. The maximum Gasteiger partial charge on any atom is 0.193 e. The van der Waals surface area contributed by atoms with Crippen molar-refractivity contribution in [3.05, 3.63) is 81.8 Å². The summed E-state index contributed by atoms with van der Waals surface area (Å²) in [6, 6.07) is 18.1. The summed E-state index contributed by atoms with van der Waals surface area (Å²) in [6.45, 7) is 0. The largest absolute Gasteiger partial charge is 0.289 e. The zero-order chi connectivity index (χ0) is 14.1. The molecule has 0 aromatic heterocycles. The molecule has 0 bridgehead atoms. The van der Waals surface area contributed by atoms with E-state index in [-0.39, 0.29) is 5.78 Å². The Morgan fingerprint density at radius 3 is 1.95 bits per heavy atom. The minimum absolute atomic E-state index is 0.0153. The van der Waals surface area contributed by atoms with Gasteiger partial charge in [0.15, 0.2) is 5.78 Å². The van der Waals surface area contributed by atoms with Crippen LogP contribution >= 0.6 is 23.2 Å². The molecule has 0 saturated heterocycles. The first kappa shape index (κ1) is 13.2. The number of benzene rings is 3. The van der Waals surface area contributed by atoms with E-state index in [1.54, 1.807) is 24.3 Å². The van der Waals surface area contributed by atoms with E-state index in [4.69, 9.17) is 23.2 Å². The molecule has 0 spiro atoms. The molecule has 3 aromatic rings. The van der Waals surface area contributed by atoms with Gasteiger partial charge in [0, 0.05) is 21.2 Å². The smallest absolute Gasteiger partial charge is 0.193 e. The van der Waals surface area contributed by atoms with Crippen LogP contribution in [0, 0.1) is 0 Å². The second kappa shape index (κ2) is 5.28. The van der Waals surface area contributed by atoms with Crippen molar-refractivity contribution in [1.82, 2.24) is 0 Å². The van der Waals surface area contributed by atoms with E-state index in [0.29, 0.717) is 21.2 Å². The Morgan fingerprint density at radius 2 is 1.20 bits per heavy atom. The van der Waals surface area contributed by atoms with Gasteiger partial charge in [0.1, 0.15) is 0 Å². The quantitative estimate of drug-likeness (QED) is 0.581. The molecule has 20 heavy (non-hydrogen) atoms. The lowest BCUT2D eigenvalue weighted by molar-refractivity contribution is 0.103. The van der Waals surface area contributed by atoms with Crippen molar-refractivity contribution < 1.29 is 4.79 Å². The van der Waals surface area contributed by atoms with Gasteiger partial charge in [-0.05, 0) is 53.2 Å². The van der Waals surface area contributed by atoms with E-state index < -0.39 is 0 Å². The van der Waals surface area contributed by atoms with E-state index in [0.717, 1.165) is 10.8 Å². The topological polar surface area (TPSA) is 17.1 Å². The van der Waals surface area contributed by atoms with Crippen LogP contribution in [0.2, 0.25) is 10.0 Å². The predicted molar refractivity (Wildman–Crippen MR) is 83.8 cm³/mol. The molecule has 0 atom stereocenters. The summed E-state index contributed by atoms with van der Waals surface area (Å²) in [5.74, 6) is -0.0153. The van der Waals surface area contributed by atoms with Crippen LogP contribution in [0.25, 0.3) is 10.8 Å². The molecule has 0 amide bonds. The van der Waals surface area contributed by atoms with Crippen molar-refractivity contribution >= 4 is 39.8 Å². The summed E-state index contributed by atoms with van der Waals surface area (Å²) in [5.41, 5.74) is 1.28. The molecule has 98 valence electrons. The van der Waals surface area contributed by atoms with Gasteiger partial charge >= 0.3 is 0 Å². The maximum absolute atomic E-state index is 12.4. The van der Waals surface area contributed by atoms with Crippen LogP contribution in [0.15, 0.2) is 60.7 Å². The Hall–Kier alpha value is -1.83. The third-order valence-corrected chi connectivity index (χ3v) is 3.66. The zero-order valence-corrected chi connectivity index (χ0v) is 11.9. The minimum atomic E-state index is -0.0153. The molecule has 0 aliphatic rings. The number of fused-ring (bicyclic) bond motifs is 1. The van der Waals surface area contributed by atoms with Crippen molar-refractivity contribution in [1.29, 1.82) is 0 Å². The van der Waals surface area contributed by atoms with E-state index >= 15 is 0 Å². The Bertz CT molecular complexity index is 792. The standard InChI is InChI=1S/C17H10Cl2O/c18-15-6-3-11(4-7-15)17(20)14-2-1-13-10-16(19)8-5-12(13)9-14/h1-10H. The van der Waals surface area contributed by atoms with Gasteiger partial charge in [0.25, 0.3) is 0 Å². The first-order valence-corrected chi connectivity index (χ1v) is 6.89. The first-order chi connectivity index (χ1) is 9.63. The second-order valence-electron chi connectivity index (χ2n) is 4.54. The molecule has 3 aromatic carbocycles. The van der Waals surface area contributed by atoms with E-state index in [1.807, 2.05) is 36.4 Å². The summed E-state index contributed by atoms with van der Waals surface area (Å²) in [6.07, 6.45) is 0. The van der Waals surface area contributed by atoms with Gasteiger partial charge in [-0.3, -0.25) is 4.79 Å². The van der Waals surface area contributed by atoms with Gasteiger partial charge in [-0.15, -0.1) is 0 Å². The normalized spacial score (nSPS) is 10.7. The van der Waals surface area contributed by atoms with Crippen molar-refractivity contribution in [2.45, 2.75) is 0 Å². The highest BCUT2D eigenvalue weighted by Crippen LogP contribution is 2.22. The number of hydrogen-bond donors (Lipinski definition) is 0. The van der Waals surface area contributed by atoms with Crippen molar-refractivity contribution in [2.75, 3.05) is 0 Å². The molecular weight excluding hydrogens is 291 g/mol. The summed E-state index contributed by atoms with van der Waals surface area (Å²) >= 11 is 11.8. The SMILES string of the molecule is O=C(c1ccc(Cl)cc1)c1ccc2cc(Cl)ccc2c1. The maximum atomic E-state index is 12.4. The van der Waals surface area contributed by atoms with Gasteiger partial charge in [-0.25, -0.2) is 0 Å². The molecular formula is C17H10Cl2O. The van der Waals surface area contributed by atoms with Crippen LogP contribution < -0.4 is 0 Å². The number of ketones is 1. The Kier molecular flexibility index (Phi) is 3.47. The monoisotopic (exact) mass is 300 g/mol. The minimum Gasteiger partial charge on any atom is -0.289 e. The van der Waals surface area contributed by atoms with Gasteiger partial charge in [-0.2, -0.15) is 0 Å². The van der Waals surface area contributed by atoms with Gasteiger partial charge in [0.2, 0.25) is 0 Å². The highest BCUT2D eigenvalue weighted by atomic mass is 35.5. The number of halogens is 2. The fraction of sp³-hybridized carbons (Fsp3) is 0. The molecule has 3 heteroatoms. The number of carbonyl (C=O) groups is 1. The lowest BCUT2D eigenvalue weighted by atomic mass is 10.00. The Labute approximate surface area is 126 Å². The molecule has 1 nitrogen and oxygen atoms in total. The zero-order valence-electron chi connectivity index (χ0n) is 10.4. The van der Waals surface area contributed by atoms with Crippen LogP contribution in [0.4, 0.5) is 0 Å². The first-order valence-electron chi connectivity index (χ1n) is 6.13. The van der Waals surface area contributed by atoms with Crippen LogP contribution in [0.5, 0.6) is 0 Å². The lowest BCUT2D eigenvalue weighted by Gasteiger charge is -2.04. The fourth-order valence-corrected chi connectivity index (χ4v) is 2.43. The molecule has 0 radical (unpaired) electrons. The average molecular weight is 301 g/mol. The number of rotatable bonds is 2. The fourth-order valence-electron chi connectivity index (χ4n) is 2.13. The molecule has 0 N–H and O–H groups in total. The number of hydrogen-bond acceptors (Lipinski definition) is 1. The van der Waals surface area contributed by atoms with Gasteiger partial charge in [0.05, 0.1) is 0 Å². The summed E-state index contributed by atoms with van der Waals surface area (Å²) in [5, 5.41) is 3.32. The second-order valence-corrected chi connectivity index (χ2v) is 5.42. The Morgan fingerprint density at radius 1 is 0.650 bits per heavy atom. The summed E-state index contributed by atoms with van der Waals surface area (Å²) in [4.78, 5) is 12.4. The van der Waals surface area contributed by atoms with Gasteiger partial charge < -0.3 is 0 Å². The van der Waals surface area contributed by atoms with Crippen LogP contribution in [0.3, 0.4) is 0 Å². The number of carbonyl (C=O) groups excluding carboxylic acids is 1. The Balaban J connectivity index is 2.03. The van der Waals surface area contributed by atoms with E-state index in [1.165, 1.54) is 0 Å². The van der Waals surface area contributed by atoms with Crippen molar-refractivity contribution in [2.24, 2.45) is 0 Å². The summed E-state index contributed by atoms with van der Waals surface area (Å²) in [7, 11) is 0. The van der Waals surface area contributed by atoms with Gasteiger partial charge in [-0.1, -0.05) is 41.4 Å². The van der Waals surface area contributed by atoms with Crippen molar-refractivity contribution in [3.8, 4) is 0 Å². The molecule has 0 heterocycles.